The maximum atomic E-state index is 9.85. The van der Waals surface area contributed by atoms with E-state index in [-0.39, 0.29) is 12.8 Å². The molecule has 7 nitrogen and oxygen atoms in total. The van der Waals surface area contributed by atoms with E-state index in [4.69, 9.17) is 21.1 Å². The molecule has 0 aliphatic carbocycles. The van der Waals surface area contributed by atoms with Gasteiger partial charge in [-0.25, -0.2) is 0 Å². The van der Waals surface area contributed by atoms with E-state index in [0.717, 1.165) is 12.8 Å². The lowest BCUT2D eigenvalue weighted by Crippen LogP contribution is -2.32. The zero-order valence-electron chi connectivity index (χ0n) is 11.2. The molecule has 0 spiro atoms. The Bertz CT molecular complexity index is 384. The van der Waals surface area contributed by atoms with E-state index in [2.05, 4.69) is 12.1 Å². The van der Waals surface area contributed by atoms with Crippen LogP contribution in [0.5, 0.6) is 0 Å². The molecule has 0 aliphatic rings. The molecule has 0 heterocycles. The van der Waals surface area contributed by atoms with Crippen LogP contribution in [0.1, 0.15) is 18.4 Å². The Balaban J connectivity index is 0. The van der Waals surface area contributed by atoms with Crippen molar-refractivity contribution < 1.29 is 24.9 Å². The van der Waals surface area contributed by atoms with Crippen LogP contribution in [0.3, 0.4) is 0 Å². The van der Waals surface area contributed by atoms with Crippen molar-refractivity contribution in [2.45, 2.75) is 25.3 Å². The van der Waals surface area contributed by atoms with Gasteiger partial charge in [-0.2, -0.15) is 0 Å². The van der Waals surface area contributed by atoms with E-state index in [1.54, 1.807) is 0 Å². The van der Waals surface area contributed by atoms with E-state index >= 15 is 0 Å². The average Bonchev–Trinajstić information content (AvgIpc) is 2.37. The lowest BCUT2D eigenvalue weighted by atomic mass is 10.1. The Morgan fingerprint density at radius 3 is 2.05 bits per heavy atom. The molecule has 1 aromatic carbocycles. The highest BCUT2D eigenvalue weighted by Crippen LogP contribution is 2.00. The summed E-state index contributed by atoms with van der Waals surface area (Å²) < 4.78 is 0. The number of hydrogen-bond acceptors (Lipinski definition) is 5. The molecule has 0 radical (unpaired) electrons. The normalized spacial score (nSPS) is 10.5. The van der Waals surface area contributed by atoms with Gasteiger partial charge in [0.05, 0.1) is 6.42 Å². The predicted octanol–water partition coefficient (Wildman–Crippen LogP) is 0.647. The van der Waals surface area contributed by atoms with Crippen molar-refractivity contribution >= 4 is 11.9 Å². The minimum atomic E-state index is -1.29. The molecule has 0 fully saturated rings. The molecule has 0 bridgehead atoms. The molecule has 1 atom stereocenters. The maximum Gasteiger partial charge on any atom is 0.321 e. The lowest BCUT2D eigenvalue weighted by molar-refractivity contribution is -0.144. The van der Waals surface area contributed by atoms with Crippen LogP contribution in [-0.4, -0.2) is 39.9 Å². The zero-order chi connectivity index (χ0) is 14.7. The van der Waals surface area contributed by atoms with Gasteiger partial charge in [0, 0.05) is 6.61 Å². The van der Waals surface area contributed by atoms with Crippen molar-refractivity contribution in [1.29, 1.82) is 0 Å². The molecular weight excluding hydrogens is 264 g/mol. The SMILES string of the molecule is N.NC(CC(=O)O)C(=O)O.OCCCc1ccccc1. The number of nitrogens with two attached hydrogens (primary N) is 1. The van der Waals surface area contributed by atoms with Gasteiger partial charge in [-0.15, -0.1) is 0 Å². The fourth-order valence-electron chi connectivity index (χ4n) is 1.20. The highest BCUT2D eigenvalue weighted by Gasteiger charge is 2.14. The Labute approximate surface area is 117 Å². The van der Waals surface area contributed by atoms with Crippen molar-refractivity contribution in [2.24, 2.45) is 5.73 Å². The number of hydrogen-bond donors (Lipinski definition) is 5. The van der Waals surface area contributed by atoms with Crippen LogP contribution >= 0.6 is 0 Å². The number of aliphatic hydroxyl groups excluding tert-OH is 1. The number of carbonyl (C=O) groups is 2. The minimum Gasteiger partial charge on any atom is -0.481 e. The Morgan fingerprint density at radius 2 is 1.70 bits per heavy atom. The summed E-state index contributed by atoms with van der Waals surface area (Å²) in [5.41, 5.74) is 6.14. The van der Waals surface area contributed by atoms with Gasteiger partial charge in [-0.05, 0) is 18.4 Å². The minimum absolute atomic E-state index is 0. The number of carboxylic acid groups (broad SMARTS) is 2. The molecule has 0 aliphatic heterocycles. The molecule has 7 heteroatoms. The highest BCUT2D eigenvalue weighted by molar-refractivity contribution is 5.80. The predicted molar refractivity (Wildman–Crippen MR) is 74.7 cm³/mol. The van der Waals surface area contributed by atoms with E-state index in [1.165, 1.54) is 5.56 Å². The molecular formula is C13H22N2O5. The number of aliphatic carboxylic acids is 2. The van der Waals surface area contributed by atoms with Gasteiger partial charge in [0.1, 0.15) is 6.04 Å². The van der Waals surface area contributed by atoms with Crippen molar-refractivity contribution in [2.75, 3.05) is 6.61 Å². The number of benzene rings is 1. The van der Waals surface area contributed by atoms with Crippen LogP contribution in [0.25, 0.3) is 0 Å². The van der Waals surface area contributed by atoms with E-state index in [1.807, 2.05) is 18.2 Å². The molecule has 1 unspecified atom stereocenters. The summed E-state index contributed by atoms with van der Waals surface area (Å²) >= 11 is 0. The fraction of sp³-hybridized carbons (Fsp3) is 0.385. The zero-order valence-corrected chi connectivity index (χ0v) is 11.2. The molecule has 0 saturated carbocycles. The standard InChI is InChI=1S/C9H12O.C4H7NO4.H3N/c10-8-4-7-9-5-2-1-3-6-9;5-2(4(8)9)1-3(6)7;/h1-3,5-6,10H,4,7-8H2;2H,1,5H2,(H,6,7)(H,8,9);1H3. The second kappa shape index (κ2) is 12.1. The average molecular weight is 286 g/mol. The Hall–Kier alpha value is -1.96. The van der Waals surface area contributed by atoms with Gasteiger partial charge in [0.2, 0.25) is 0 Å². The van der Waals surface area contributed by atoms with Crippen molar-refractivity contribution in [1.82, 2.24) is 6.15 Å². The van der Waals surface area contributed by atoms with Crippen molar-refractivity contribution in [3.8, 4) is 0 Å². The largest absolute Gasteiger partial charge is 0.481 e. The summed E-state index contributed by atoms with van der Waals surface area (Å²) in [5.74, 6) is -2.50. The molecule has 20 heavy (non-hydrogen) atoms. The van der Waals surface area contributed by atoms with Crippen LogP contribution in [0.15, 0.2) is 30.3 Å². The van der Waals surface area contributed by atoms with Gasteiger partial charge < -0.3 is 27.2 Å². The van der Waals surface area contributed by atoms with Crippen molar-refractivity contribution in [3.05, 3.63) is 35.9 Å². The summed E-state index contributed by atoms with van der Waals surface area (Å²) in [5, 5.41) is 24.6. The van der Waals surface area contributed by atoms with E-state index in [0.29, 0.717) is 0 Å². The van der Waals surface area contributed by atoms with Crippen LogP contribution in [0.2, 0.25) is 0 Å². The molecule has 0 aromatic heterocycles. The molecule has 114 valence electrons. The third-order valence-corrected chi connectivity index (χ3v) is 2.18. The first kappa shape index (κ1) is 20.4. The number of carboxylic acids is 2. The second-order valence-corrected chi connectivity index (χ2v) is 3.86. The Morgan fingerprint density at radius 1 is 1.15 bits per heavy atom. The third-order valence-electron chi connectivity index (χ3n) is 2.18. The van der Waals surface area contributed by atoms with Gasteiger partial charge in [-0.1, -0.05) is 30.3 Å². The first-order valence-corrected chi connectivity index (χ1v) is 5.82. The topological polar surface area (TPSA) is 156 Å². The molecule has 0 amide bonds. The van der Waals surface area contributed by atoms with Gasteiger partial charge in [0.25, 0.3) is 0 Å². The summed E-state index contributed by atoms with van der Waals surface area (Å²) in [6.07, 6.45) is 1.32. The summed E-state index contributed by atoms with van der Waals surface area (Å²) in [7, 11) is 0. The first-order valence-electron chi connectivity index (χ1n) is 5.82. The van der Waals surface area contributed by atoms with Gasteiger partial charge in [-0.3, -0.25) is 9.59 Å². The summed E-state index contributed by atoms with van der Waals surface area (Å²) in [6.45, 7) is 0.287. The first-order chi connectivity index (χ1) is 8.97. The monoisotopic (exact) mass is 286 g/mol. The second-order valence-electron chi connectivity index (χ2n) is 3.86. The maximum absolute atomic E-state index is 9.85. The lowest BCUT2D eigenvalue weighted by Gasteiger charge is -1.99. The van der Waals surface area contributed by atoms with Gasteiger partial charge >= 0.3 is 11.9 Å². The highest BCUT2D eigenvalue weighted by atomic mass is 16.4. The number of aryl methyl sites for hydroxylation is 1. The quantitative estimate of drug-likeness (QED) is 0.513. The van der Waals surface area contributed by atoms with E-state index in [9.17, 15) is 9.59 Å². The summed E-state index contributed by atoms with van der Waals surface area (Å²) in [6, 6.07) is 8.91. The number of aliphatic hydroxyl groups is 1. The Kier molecular flexibility index (Phi) is 12.3. The van der Waals surface area contributed by atoms with E-state index < -0.39 is 24.4 Å². The molecule has 8 N–H and O–H groups in total. The fourth-order valence-corrected chi connectivity index (χ4v) is 1.20. The van der Waals surface area contributed by atoms with Crippen LogP contribution < -0.4 is 11.9 Å². The summed E-state index contributed by atoms with van der Waals surface area (Å²) in [4.78, 5) is 19.6. The number of rotatable bonds is 6. The van der Waals surface area contributed by atoms with Crippen LogP contribution in [0, 0.1) is 0 Å². The molecule has 0 saturated heterocycles. The van der Waals surface area contributed by atoms with Crippen LogP contribution in [-0.2, 0) is 16.0 Å². The smallest absolute Gasteiger partial charge is 0.321 e. The molecule has 1 rings (SSSR count). The molecule has 1 aromatic rings. The van der Waals surface area contributed by atoms with Crippen molar-refractivity contribution in [3.63, 3.8) is 0 Å². The third kappa shape index (κ3) is 11.1. The van der Waals surface area contributed by atoms with Gasteiger partial charge in [0.15, 0.2) is 0 Å². The van der Waals surface area contributed by atoms with Crippen LogP contribution in [0.4, 0.5) is 0 Å².